The molecule has 11 heteroatoms. The number of phenols is 3. The topological polar surface area (TPSA) is 260 Å². The molecule has 0 saturated heterocycles. The van der Waals surface area contributed by atoms with Crippen LogP contribution < -0.4 is 22.9 Å². The summed E-state index contributed by atoms with van der Waals surface area (Å²) in [6, 6.07) is 12.0. The molecule has 0 saturated carbocycles. The first kappa shape index (κ1) is 32.5. The molecule has 3 aromatic carbocycles. The van der Waals surface area contributed by atoms with E-state index in [0.29, 0.717) is 29.5 Å². The summed E-state index contributed by atoms with van der Waals surface area (Å²) >= 11 is 0. The molecule has 0 aliphatic rings. The highest BCUT2D eigenvalue weighted by atomic mass is 16.3. The van der Waals surface area contributed by atoms with Gasteiger partial charge >= 0.3 is 0 Å². The molecule has 0 unspecified atom stereocenters. The van der Waals surface area contributed by atoms with E-state index < -0.39 is 17.1 Å². The number of rotatable bonds is 15. The first-order valence-corrected chi connectivity index (χ1v) is 14.3. The van der Waals surface area contributed by atoms with Crippen molar-refractivity contribution < 1.29 is 15.3 Å². The zero-order chi connectivity index (χ0) is 31.9. The third kappa shape index (κ3) is 6.88. The zero-order valence-electron chi connectivity index (χ0n) is 24.4. The molecule has 0 atom stereocenters. The Hall–Kier alpha value is -5.06. The second-order valence-electron chi connectivity index (χ2n) is 10.8. The predicted octanol–water partition coefficient (Wildman–Crippen LogP) is 4.41. The minimum absolute atomic E-state index is 0.000890. The van der Waals surface area contributed by atoms with Crippen LogP contribution in [0.15, 0.2) is 48.5 Å². The molecule has 228 valence electrons. The highest BCUT2D eigenvalue weighted by molar-refractivity contribution is 6.05. The fourth-order valence-electron chi connectivity index (χ4n) is 5.75. The molecule has 0 bridgehead atoms. The van der Waals surface area contributed by atoms with Crippen LogP contribution in [0.2, 0.25) is 0 Å². The van der Waals surface area contributed by atoms with Crippen molar-refractivity contribution in [3.05, 3.63) is 87.5 Å². The number of nitrogens with two attached hydrogens (primary N) is 4. The lowest BCUT2D eigenvalue weighted by molar-refractivity contribution is 0.461. The molecule has 3 aromatic rings. The van der Waals surface area contributed by atoms with Crippen LogP contribution in [0.5, 0.6) is 17.2 Å². The maximum Gasteiger partial charge on any atom is 0.127 e. The average molecular weight is 587 g/mol. The number of aromatic hydroxyl groups is 3. The van der Waals surface area contributed by atoms with E-state index in [0.717, 1.165) is 38.5 Å². The van der Waals surface area contributed by atoms with Crippen molar-refractivity contribution in [2.45, 2.75) is 63.7 Å². The fraction of sp³-hybridized carbons (Fsp3) is 0.312. The van der Waals surface area contributed by atoms with Gasteiger partial charge in [0.25, 0.3) is 0 Å². The Kier molecular flexibility index (Phi) is 10.4. The van der Waals surface area contributed by atoms with Crippen molar-refractivity contribution in [1.29, 1.82) is 21.6 Å². The van der Waals surface area contributed by atoms with E-state index in [1.165, 1.54) is 30.3 Å². The standard InChI is InChI=1S/C32H42N8O3/c1-2-3-4-5-6-7-8-12-32(18-10-9-11-19(41)13-18,24-14-22(30(37)38)26(42)16-20(24)28(33)34)25-15-23(31(39)40)27(43)17-21(25)29(35)36/h9-11,13-17,41-43H,2-8,12H2,1H3,(H3,33,34)(H3,35,36)(H3,37,38)(H3,39,40). The monoisotopic (exact) mass is 586 g/mol. The first-order chi connectivity index (χ1) is 20.3. The smallest absolute Gasteiger partial charge is 0.127 e. The minimum Gasteiger partial charge on any atom is -0.508 e. The Morgan fingerprint density at radius 3 is 1.47 bits per heavy atom. The number of amidine groups is 4. The number of hydrogen-bond donors (Lipinski definition) is 11. The molecular formula is C32H42N8O3. The maximum absolute atomic E-state index is 10.8. The summed E-state index contributed by atoms with van der Waals surface area (Å²) in [5.41, 5.74) is 24.1. The summed E-state index contributed by atoms with van der Waals surface area (Å²) in [6.45, 7) is 2.16. The van der Waals surface area contributed by atoms with Gasteiger partial charge in [0.1, 0.15) is 40.6 Å². The Morgan fingerprint density at radius 2 is 1.05 bits per heavy atom. The summed E-state index contributed by atoms with van der Waals surface area (Å²) in [4.78, 5) is 0. The minimum atomic E-state index is -1.33. The lowest BCUT2D eigenvalue weighted by Gasteiger charge is -2.39. The van der Waals surface area contributed by atoms with E-state index in [9.17, 15) is 15.3 Å². The van der Waals surface area contributed by atoms with Gasteiger partial charge in [-0.15, -0.1) is 0 Å². The van der Waals surface area contributed by atoms with Crippen molar-refractivity contribution in [1.82, 2.24) is 0 Å². The molecule has 0 radical (unpaired) electrons. The highest BCUT2D eigenvalue weighted by Crippen LogP contribution is 2.49. The molecule has 0 aromatic heterocycles. The van der Waals surface area contributed by atoms with Gasteiger partial charge in [0.2, 0.25) is 0 Å². The molecule has 0 heterocycles. The van der Waals surface area contributed by atoms with Crippen LogP contribution in [0, 0.1) is 21.6 Å². The Labute approximate surface area is 251 Å². The van der Waals surface area contributed by atoms with Crippen LogP contribution in [-0.2, 0) is 5.41 Å². The van der Waals surface area contributed by atoms with Gasteiger partial charge in [-0.1, -0.05) is 64.0 Å². The fourth-order valence-corrected chi connectivity index (χ4v) is 5.75. The Morgan fingerprint density at radius 1 is 0.605 bits per heavy atom. The van der Waals surface area contributed by atoms with Crippen LogP contribution in [0.25, 0.3) is 0 Å². The van der Waals surface area contributed by atoms with Gasteiger partial charge in [0.15, 0.2) is 0 Å². The SMILES string of the molecule is CCCCCCCCCC(c1cccc(O)c1)(c1cc(C(=N)N)c(O)cc1C(=N)N)c1cc(C(=N)N)c(O)cc1C(=N)N. The van der Waals surface area contributed by atoms with Gasteiger partial charge in [-0.3, -0.25) is 21.6 Å². The van der Waals surface area contributed by atoms with Gasteiger partial charge in [-0.25, -0.2) is 0 Å². The molecule has 0 fully saturated rings. The summed E-state index contributed by atoms with van der Waals surface area (Å²) in [6.07, 6.45) is 7.25. The second-order valence-corrected chi connectivity index (χ2v) is 10.8. The molecular weight excluding hydrogens is 544 g/mol. The van der Waals surface area contributed by atoms with Gasteiger partial charge in [-0.05, 0) is 59.5 Å². The number of phenolic OH excluding ortho intramolecular Hbond substituents is 3. The third-order valence-electron chi connectivity index (χ3n) is 7.85. The van der Waals surface area contributed by atoms with Gasteiger partial charge in [0.05, 0.1) is 11.1 Å². The number of unbranched alkanes of at least 4 members (excludes halogenated alkanes) is 6. The van der Waals surface area contributed by atoms with Crippen LogP contribution in [0.1, 0.15) is 97.2 Å². The van der Waals surface area contributed by atoms with Crippen LogP contribution in [-0.4, -0.2) is 38.7 Å². The largest absolute Gasteiger partial charge is 0.508 e. The average Bonchev–Trinajstić information content (AvgIpc) is 2.94. The number of hydrogen-bond acceptors (Lipinski definition) is 7. The van der Waals surface area contributed by atoms with Crippen molar-refractivity contribution in [2.75, 3.05) is 0 Å². The van der Waals surface area contributed by atoms with Crippen LogP contribution in [0.3, 0.4) is 0 Å². The molecule has 0 aliphatic heterocycles. The molecule has 0 amide bonds. The molecule has 0 aliphatic carbocycles. The van der Waals surface area contributed by atoms with E-state index in [-0.39, 0.29) is 51.2 Å². The van der Waals surface area contributed by atoms with E-state index in [1.807, 2.05) is 0 Å². The van der Waals surface area contributed by atoms with Gasteiger partial charge < -0.3 is 38.3 Å². The van der Waals surface area contributed by atoms with Crippen molar-refractivity contribution in [3.8, 4) is 17.2 Å². The lowest BCUT2D eigenvalue weighted by Crippen LogP contribution is -2.36. The predicted molar refractivity (Wildman–Crippen MR) is 171 cm³/mol. The Bertz CT molecular complexity index is 1470. The maximum atomic E-state index is 10.8. The summed E-state index contributed by atoms with van der Waals surface area (Å²) in [5, 5.41) is 65.4. The number of benzene rings is 3. The van der Waals surface area contributed by atoms with E-state index >= 15 is 0 Å². The van der Waals surface area contributed by atoms with Crippen molar-refractivity contribution >= 4 is 23.3 Å². The number of nitrogens with one attached hydrogen (secondary N) is 4. The second kappa shape index (κ2) is 13.7. The van der Waals surface area contributed by atoms with Crippen molar-refractivity contribution in [2.24, 2.45) is 22.9 Å². The highest BCUT2D eigenvalue weighted by Gasteiger charge is 2.42. The third-order valence-corrected chi connectivity index (χ3v) is 7.85. The molecule has 11 nitrogen and oxygen atoms in total. The van der Waals surface area contributed by atoms with E-state index in [2.05, 4.69) is 6.92 Å². The molecule has 3 rings (SSSR count). The quantitative estimate of drug-likeness (QED) is 0.0528. The van der Waals surface area contributed by atoms with Crippen LogP contribution in [0.4, 0.5) is 0 Å². The lowest BCUT2D eigenvalue weighted by atomic mass is 9.63. The van der Waals surface area contributed by atoms with E-state index in [1.54, 1.807) is 18.2 Å². The summed E-state index contributed by atoms with van der Waals surface area (Å²) < 4.78 is 0. The van der Waals surface area contributed by atoms with Gasteiger partial charge in [0, 0.05) is 16.5 Å². The Balaban J connectivity index is 2.52. The summed E-state index contributed by atoms with van der Waals surface area (Å²) in [7, 11) is 0. The normalized spacial score (nSPS) is 12.4. The van der Waals surface area contributed by atoms with E-state index in [4.69, 9.17) is 44.6 Å². The molecule has 15 N–H and O–H groups in total. The zero-order valence-corrected chi connectivity index (χ0v) is 24.4. The van der Waals surface area contributed by atoms with Gasteiger partial charge in [-0.2, -0.15) is 0 Å². The molecule has 0 spiro atoms. The summed E-state index contributed by atoms with van der Waals surface area (Å²) in [5.74, 6) is -2.33. The van der Waals surface area contributed by atoms with Crippen molar-refractivity contribution in [3.63, 3.8) is 0 Å². The first-order valence-electron chi connectivity index (χ1n) is 14.3. The molecule has 43 heavy (non-hydrogen) atoms. The number of nitrogen functional groups attached to an aromatic ring is 4. The van der Waals surface area contributed by atoms with Crippen LogP contribution >= 0.6 is 0 Å².